The van der Waals surface area contributed by atoms with Gasteiger partial charge < -0.3 is 5.32 Å². The third-order valence-corrected chi connectivity index (χ3v) is 2.39. The van der Waals surface area contributed by atoms with E-state index in [-0.39, 0.29) is 5.38 Å². The van der Waals surface area contributed by atoms with E-state index in [1.165, 1.54) is 5.56 Å². The van der Waals surface area contributed by atoms with E-state index in [1.807, 2.05) is 12.1 Å². The van der Waals surface area contributed by atoms with E-state index in [1.54, 1.807) is 6.20 Å². The Balaban J connectivity index is 2.37. The molecule has 0 aliphatic carbocycles. The maximum Gasteiger partial charge on any atom is 0.126 e. The van der Waals surface area contributed by atoms with Gasteiger partial charge in [-0.25, -0.2) is 4.98 Å². The van der Waals surface area contributed by atoms with Crippen LogP contribution in [0.5, 0.6) is 0 Å². The van der Waals surface area contributed by atoms with Gasteiger partial charge in [0.15, 0.2) is 0 Å². The van der Waals surface area contributed by atoms with E-state index in [4.69, 9.17) is 11.6 Å². The molecule has 78 valence electrons. The summed E-state index contributed by atoms with van der Waals surface area (Å²) in [6.45, 7) is 4.98. The standard InChI is InChI=1S/C11H17ClN2/c1-3-4-10(12)8-14-11-7-9(2)5-6-13-11/h5-7,10H,3-4,8H2,1-2H3,(H,13,14). The molecular formula is C11H17ClN2. The number of hydrogen-bond donors (Lipinski definition) is 1. The summed E-state index contributed by atoms with van der Waals surface area (Å²) in [6.07, 6.45) is 3.97. The number of rotatable bonds is 5. The van der Waals surface area contributed by atoms with Gasteiger partial charge >= 0.3 is 0 Å². The Hall–Kier alpha value is -0.760. The lowest BCUT2D eigenvalue weighted by Crippen LogP contribution is -2.14. The highest BCUT2D eigenvalue weighted by Gasteiger charge is 2.02. The molecule has 2 nitrogen and oxygen atoms in total. The van der Waals surface area contributed by atoms with Crippen LogP contribution in [0.15, 0.2) is 18.3 Å². The minimum Gasteiger partial charge on any atom is -0.369 e. The van der Waals surface area contributed by atoms with Crippen molar-refractivity contribution < 1.29 is 0 Å². The summed E-state index contributed by atoms with van der Waals surface area (Å²) in [5, 5.41) is 3.42. The monoisotopic (exact) mass is 212 g/mol. The van der Waals surface area contributed by atoms with Crippen LogP contribution < -0.4 is 5.32 Å². The minimum absolute atomic E-state index is 0.197. The van der Waals surface area contributed by atoms with Gasteiger partial charge in [-0.1, -0.05) is 13.3 Å². The quantitative estimate of drug-likeness (QED) is 0.759. The minimum atomic E-state index is 0.197. The van der Waals surface area contributed by atoms with Crippen LogP contribution in [0.3, 0.4) is 0 Å². The highest BCUT2D eigenvalue weighted by atomic mass is 35.5. The van der Waals surface area contributed by atoms with Gasteiger partial charge in [0.25, 0.3) is 0 Å². The zero-order chi connectivity index (χ0) is 10.4. The molecular weight excluding hydrogens is 196 g/mol. The summed E-state index contributed by atoms with van der Waals surface area (Å²) in [4.78, 5) is 4.20. The molecule has 0 saturated carbocycles. The summed E-state index contributed by atoms with van der Waals surface area (Å²) in [5.41, 5.74) is 1.21. The summed E-state index contributed by atoms with van der Waals surface area (Å²) in [7, 11) is 0. The van der Waals surface area contributed by atoms with Crippen molar-refractivity contribution in [3.8, 4) is 0 Å². The molecule has 0 spiro atoms. The Morgan fingerprint density at radius 1 is 1.57 bits per heavy atom. The topological polar surface area (TPSA) is 24.9 Å². The molecule has 0 radical (unpaired) electrons. The number of pyridine rings is 1. The van der Waals surface area contributed by atoms with Gasteiger partial charge in [0.05, 0.1) is 5.38 Å². The number of aromatic nitrogens is 1. The van der Waals surface area contributed by atoms with Crippen LogP contribution in [0.25, 0.3) is 0 Å². The van der Waals surface area contributed by atoms with Crippen molar-refractivity contribution in [3.05, 3.63) is 23.9 Å². The van der Waals surface area contributed by atoms with E-state index in [2.05, 4.69) is 24.1 Å². The van der Waals surface area contributed by atoms with Gasteiger partial charge in [0.1, 0.15) is 5.82 Å². The Kier molecular flexibility index (Phi) is 4.74. The van der Waals surface area contributed by atoms with E-state index >= 15 is 0 Å². The molecule has 0 amide bonds. The van der Waals surface area contributed by atoms with Crippen molar-refractivity contribution in [1.82, 2.24) is 4.98 Å². The molecule has 0 saturated heterocycles. The van der Waals surface area contributed by atoms with Crippen molar-refractivity contribution in [2.24, 2.45) is 0 Å². The molecule has 0 aliphatic heterocycles. The summed E-state index contributed by atoms with van der Waals surface area (Å²) in [6, 6.07) is 4.00. The Bertz CT molecular complexity index is 276. The normalized spacial score (nSPS) is 12.5. The van der Waals surface area contributed by atoms with Gasteiger partial charge in [-0.15, -0.1) is 11.6 Å². The lowest BCUT2D eigenvalue weighted by molar-refractivity contribution is 0.750. The first-order valence-corrected chi connectivity index (χ1v) is 5.46. The number of anilines is 1. The smallest absolute Gasteiger partial charge is 0.126 e. The number of aryl methyl sites for hydroxylation is 1. The number of nitrogens with one attached hydrogen (secondary N) is 1. The number of halogens is 1. The van der Waals surface area contributed by atoms with E-state index in [0.29, 0.717) is 0 Å². The zero-order valence-corrected chi connectivity index (χ0v) is 9.51. The maximum atomic E-state index is 6.08. The average molecular weight is 213 g/mol. The molecule has 0 aliphatic rings. The van der Waals surface area contributed by atoms with Crippen molar-refractivity contribution >= 4 is 17.4 Å². The van der Waals surface area contributed by atoms with Crippen molar-refractivity contribution in [2.75, 3.05) is 11.9 Å². The lowest BCUT2D eigenvalue weighted by atomic mass is 10.2. The first kappa shape index (κ1) is 11.3. The third kappa shape index (κ3) is 3.97. The maximum absolute atomic E-state index is 6.08. The number of nitrogens with zero attached hydrogens (tertiary/aromatic N) is 1. The molecule has 14 heavy (non-hydrogen) atoms. The van der Waals surface area contributed by atoms with Crippen molar-refractivity contribution in [3.63, 3.8) is 0 Å². The van der Waals surface area contributed by atoms with Crippen LogP contribution in [0.2, 0.25) is 0 Å². The summed E-state index contributed by atoms with van der Waals surface area (Å²) < 4.78 is 0. The Labute approximate surface area is 90.7 Å². The molecule has 0 fully saturated rings. The second-order valence-corrected chi connectivity index (χ2v) is 4.10. The van der Waals surface area contributed by atoms with Gasteiger partial charge in [-0.05, 0) is 31.0 Å². The molecule has 1 rings (SSSR count). The Morgan fingerprint density at radius 2 is 2.36 bits per heavy atom. The average Bonchev–Trinajstić information content (AvgIpc) is 2.15. The fourth-order valence-corrected chi connectivity index (χ4v) is 1.56. The van der Waals surface area contributed by atoms with Crippen LogP contribution in [-0.4, -0.2) is 16.9 Å². The predicted octanol–water partition coefficient (Wildman–Crippen LogP) is 3.21. The fraction of sp³-hybridized carbons (Fsp3) is 0.545. The highest BCUT2D eigenvalue weighted by molar-refractivity contribution is 6.20. The molecule has 3 heteroatoms. The molecule has 1 aromatic rings. The molecule has 1 unspecified atom stereocenters. The van der Waals surface area contributed by atoms with E-state index in [0.717, 1.165) is 25.2 Å². The third-order valence-electron chi connectivity index (χ3n) is 2.02. The molecule has 0 bridgehead atoms. The van der Waals surface area contributed by atoms with E-state index in [9.17, 15) is 0 Å². The second-order valence-electron chi connectivity index (χ2n) is 3.49. The Morgan fingerprint density at radius 3 is 3.00 bits per heavy atom. The number of hydrogen-bond acceptors (Lipinski definition) is 2. The number of alkyl halides is 1. The molecule has 1 heterocycles. The van der Waals surface area contributed by atoms with Crippen molar-refractivity contribution in [1.29, 1.82) is 0 Å². The molecule has 1 N–H and O–H groups in total. The van der Waals surface area contributed by atoms with Gasteiger partial charge in [-0.2, -0.15) is 0 Å². The fourth-order valence-electron chi connectivity index (χ4n) is 1.26. The lowest BCUT2D eigenvalue weighted by Gasteiger charge is -2.10. The van der Waals surface area contributed by atoms with Gasteiger partial charge in [0.2, 0.25) is 0 Å². The van der Waals surface area contributed by atoms with Crippen LogP contribution in [0.4, 0.5) is 5.82 Å². The summed E-state index contributed by atoms with van der Waals surface area (Å²) >= 11 is 6.08. The molecule has 1 aromatic heterocycles. The van der Waals surface area contributed by atoms with Crippen LogP contribution in [0, 0.1) is 6.92 Å². The largest absolute Gasteiger partial charge is 0.369 e. The van der Waals surface area contributed by atoms with Crippen LogP contribution in [0.1, 0.15) is 25.3 Å². The second kappa shape index (κ2) is 5.86. The first-order valence-electron chi connectivity index (χ1n) is 5.03. The van der Waals surface area contributed by atoms with E-state index < -0.39 is 0 Å². The van der Waals surface area contributed by atoms with Crippen LogP contribution >= 0.6 is 11.6 Å². The van der Waals surface area contributed by atoms with Crippen LogP contribution in [-0.2, 0) is 0 Å². The molecule has 0 aromatic carbocycles. The van der Waals surface area contributed by atoms with Crippen molar-refractivity contribution in [2.45, 2.75) is 32.1 Å². The SMILES string of the molecule is CCCC(Cl)CNc1cc(C)ccn1. The highest BCUT2D eigenvalue weighted by Crippen LogP contribution is 2.09. The summed E-state index contributed by atoms with van der Waals surface area (Å²) in [5.74, 6) is 0.909. The molecule has 1 atom stereocenters. The predicted molar refractivity (Wildman–Crippen MR) is 62.0 cm³/mol. The first-order chi connectivity index (χ1) is 6.72. The van der Waals surface area contributed by atoms with Gasteiger partial charge in [0, 0.05) is 12.7 Å². The van der Waals surface area contributed by atoms with Gasteiger partial charge in [-0.3, -0.25) is 0 Å². The zero-order valence-electron chi connectivity index (χ0n) is 8.76.